The Morgan fingerprint density at radius 3 is 2.10 bits per heavy atom. The lowest BCUT2D eigenvalue weighted by molar-refractivity contribution is -0.148. The molecular formula is C21H30F2N2O4. The van der Waals surface area contributed by atoms with E-state index in [-0.39, 0.29) is 18.1 Å². The molecule has 1 fully saturated rings. The lowest BCUT2D eigenvalue weighted by Gasteiger charge is -2.37. The van der Waals surface area contributed by atoms with Gasteiger partial charge >= 0.3 is 12.1 Å². The topological polar surface area (TPSA) is 76.7 Å². The largest absolute Gasteiger partial charge is 0.468 e. The second kappa shape index (κ2) is 8.65. The van der Waals surface area contributed by atoms with E-state index in [1.54, 1.807) is 27.7 Å². The van der Waals surface area contributed by atoms with Crippen molar-refractivity contribution in [2.75, 3.05) is 13.7 Å². The number of alkyl carbamates (subject to hydrolysis) is 1. The van der Waals surface area contributed by atoms with Crippen molar-refractivity contribution in [3.05, 3.63) is 35.4 Å². The monoisotopic (exact) mass is 412 g/mol. The van der Waals surface area contributed by atoms with E-state index in [0.29, 0.717) is 12.8 Å². The summed E-state index contributed by atoms with van der Waals surface area (Å²) in [4.78, 5) is 24.8. The molecule has 0 bridgehead atoms. The van der Waals surface area contributed by atoms with E-state index in [2.05, 4.69) is 10.6 Å². The summed E-state index contributed by atoms with van der Waals surface area (Å²) in [7, 11) is 1.32. The van der Waals surface area contributed by atoms with Gasteiger partial charge in [-0.1, -0.05) is 12.8 Å². The van der Waals surface area contributed by atoms with Gasteiger partial charge in [-0.05, 0) is 58.2 Å². The quantitative estimate of drug-likeness (QED) is 0.696. The number of methoxy groups -OCH3 is 1. The highest BCUT2D eigenvalue weighted by molar-refractivity contribution is 5.81. The van der Waals surface area contributed by atoms with Crippen molar-refractivity contribution in [3.63, 3.8) is 0 Å². The SMILES string of the molecule is COC(=O)C1(NCC(C)(NC(=O)OC(C)(C)C)c2cc(F)cc(F)c2)CCCC1. The highest BCUT2D eigenvalue weighted by Crippen LogP contribution is 2.32. The number of ether oxygens (including phenoxy) is 2. The van der Waals surface area contributed by atoms with Crippen LogP contribution in [0.1, 0.15) is 58.9 Å². The number of rotatable bonds is 6. The first-order chi connectivity index (χ1) is 13.4. The molecule has 0 aromatic heterocycles. The summed E-state index contributed by atoms with van der Waals surface area (Å²) in [5, 5.41) is 5.91. The Bertz CT molecular complexity index is 737. The third kappa shape index (κ3) is 5.88. The van der Waals surface area contributed by atoms with Gasteiger partial charge in [-0.2, -0.15) is 0 Å². The molecule has 1 aliphatic rings. The van der Waals surface area contributed by atoms with Crippen LogP contribution in [0, 0.1) is 11.6 Å². The third-order valence-electron chi connectivity index (χ3n) is 5.09. The zero-order valence-electron chi connectivity index (χ0n) is 17.7. The molecule has 1 aliphatic carbocycles. The number of carbonyl (C=O) groups is 2. The van der Waals surface area contributed by atoms with Gasteiger partial charge in [0.25, 0.3) is 0 Å². The summed E-state index contributed by atoms with van der Waals surface area (Å²) in [6.45, 7) is 6.82. The zero-order chi connectivity index (χ0) is 21.9. The zero-order valence-corrected chi connectivity index (χ0v) is 17.7. The van der Waals surface area contributed by atoms with E-state index in [4.69, 9.17) is 9.47 Å². The molecule has 0 saturated heterocycles. The van der Waals surface area contributed by atoms with Gasteiger partial charge in [0.1, 0.15) is 22.8 Å². The lowest BCUT2D eigenvalue weighted by atomic mass is 9.89. The molecule has 1 saturated carbocycles. The Morgan fingerprint density at radius 2 is 1.62 bits per heavy atom. The maximum atomic E-state index is 13.9. The molecule has 0 heterocycles. The molecule has 6 nitrogen and oxygen atoms in total. The number of nitrogens with one attached hydrogen (secondary N) is 2. The van der Waals surface area contributed by atoms with Gasteiger partial charge < -0.3 is 14.8 Å². The minimum atomic E-state index is -1.24. The summed E-state index contributed by atoms with van der Waals surface area (Å²) >= 11 is 0. The number of hydrogen-bond acceptors (Lipinski definition) is 5. The Hall–Kier alpha value is -2.22. The molecule has 2 N–H and O–H groups in total. The van der Waals surface area contributed by atoms with Crippen LogP contribution in [-0.2, 0) is 19.8 Å². The van der Waals surface area contributed by atoms with Crippen molar-refractivity contribution >= 4 is 12.1 Å². The molecule has 8 heteroatoms. The Morgan fingerprint density at radius 1 is 1.07 bits per heavy atom. The Balaban J connectivity index is 2.33. The van der Waals surface area contributed by atoms with Crippen LogP contribution in [0.5, 0.6) is 0 Å². The van der Waals surface area contributed by atoms with Gasteiger partial charge in [0.15, 0.2) is 0 Å². The fourth-order valence-corrected chi connectivity index (χ4v) is 3.59. The summed E-state index contributed by atoms with van der Waals surface area (Å²) in [6.07, 6.45) is 2.14. The van der Waals surface area contributed by atoms with Crippen molar-refractivity contribution in [2.45, 2.75) is 70.1 Å². The van der Waals surface area contributed by atoms with E-state index in [9.17, 15) is 18.4 Å². The normalized spacial score (nSPS) is 18.0. The number of esters is 1. The second-order valence-electron chi connectivity index (χ2n) is 8.75. The number of halogens is 2. The molecule has 1 aromatic rings. The van der Waals surface area contributed by atoms with Crippen LogP contribution in [0.2, 0.25) is 0 Å². The third-order valence-corrected chi connectivity index (χ3v) is 5.09. The van der Waals surface area contributed by atoms with Crippen LogP contribution in [-0.4, -0.2) is 36.9 Å². The molecule has 29 heavy (non-hydrogen) atoms. The highest BCUT2D eigenvalue weighted by atomic mass is 19.1. The molecule has 2 rings (SSSR count). The van der Waals surface area contributed by atoms with E-state index >= 15 is 0 Å². The molecule has 1 atom stereocenters. The number of amides is 1. The minimum Gasteiger partial charge on any atom is -0.468 e. The first kappa shape index (κ1) is 23.1. The maximum absolute atomic E-state index is 13.9. The number of hydrogen-bond donors (Lipinski definition) is 2. The average Bonchev–Trinajstić information content (AvgIpc) is 3.07. The van der Waals surface area contributed by atoms with Gasteiger partial charge in [-0.3, -0.25) is 10.1 Å². The summed E-state index contributed by atoms with van der Waals surface area (Å²) in [6, 6.07) is 3.07. The second-order valence-corrected chi connectivity index (χ2v) is 8.75. The van der Waals surface area contributed by atoms with Crippen molar-refractivity contribution in [1.29, 1.82) is 0 Å². The highest BCUT2D eigenvalue weighted by Gasteiger charge is 2.44. The van der Waals surface area contributed by atoms with Crippen LogP contribution in [0.15, 0.2) is 18.2 Å². The van der Waals surface area contributed by atoms with E-state index < -0.39 is 34.4 Å². The Kier molecular flexibility index (Phi) is 6.88. The minimum absolute atomic E-state index is 0.0459. The lowest BCUT2D eigenvalue weighted by Crippen LogP contribution is -2.58. The molecular weight excluding hydrogens is 382 g/mol. The predicted octanol–water partition coefficient (Wildman–Crippen LogP) is 3.78. The molecule has 162 valence electrons. The van der Waals surface area contributed by atoms with Gasteiger partial charge in [0.2, 0.25) is 0 Å². The molecule has 0 radical (unpaired) electrons. The van der Waals surface area contributed by atoms with Crippen LogP contribution in [0.25, 0.3) is 0 Å². The fraction of sp³-hybridized carbons (Fsp3) is 0.619. The molecule has 1 aromatic carbocycles. The molecule has 1 unspecified atom stereocenters. The smallest absolute Gasteiger partial charge is 0.408 e. The van der Waals surface area contributed by atoms with Crippen molar-refractivity contribution in [2.24, 2.45) is 0 Å². The van der Waals surface area contributed by atoms with E-state index in [0.717, 1.165) is 31.0 Å². The van der Waals surface area contributed by atoms with Crippen LogP contribution in [0.3, 0.4) is 0 Å². The number of carbonyl (C=O) groups excluding carboxylic acids is 2. The molecule has 0 aliphatic heterocycles. The van der Waals surface area contributed by atoms with Gasteiger partial charge in [-0.15, -0.1) is 0 Å². The summed E-state index contributed by atoms with van der Waals surface area (Å²) in [5.74, 6) is -1.92. The van der Waals surface area contributed by atoms with Gasteiger partial charge in [0.05, 0.1) is 12.6 Å². The van der Waals surface area contributed by atoms with Crippen molar-refractivity contribution < 1.29 is 27.8 Å². The maximum Gasteiger partial charge on any atom is 0.408 e. The van der Waals surface area contributed by atoms with Crippen molar-refractivity contribution in [1.82, 2.24) is 10.6 Å². The molecule has 0 spiro atoms. The van der Waals surface area contributed by atoms with Gasteiger partial charge in [-0.25, -0.2) is 13.6 Å². The first-order valence-electron chi connectivity index (χ1n) is 9.70. The van der Waals surface area contributed by atoms with Crippen molar-refractivity contribution in [3.8, 4) is 0 Å². The van der Waals surface area contributed by atoms with Gasteiger partial charge in [0, 0.05) is 12.6 Å². The average molecular weight is 412 g/mol. The van der Waals surface area contributed by atoms with Crippen LogP contribution >= 0.6 is 0 Å². The Labute approximate surface area is 170 Å². The van der Waals surface area contributed by atoms with E-state index in [1.165, 1.54) is 7.11 Å². The van der Waals surface area contributed by atoms with E-state index in [1.807, 2.05) is 0 Å². The first-order valence-corrected chi connectivity index (χ1v) is 9.70. The van der Waals surface area contributed by atoms with Crippen LogP contribution in [0.4, 0.5) is 13.6 Å². The van der Waals surface area contributed by atoms with Crippen LogP contribution < -0.4 is 10.6 Å². The fourth-order valence-electron chi connectivity index (χ4n) is 3.59. The molecule has 1 amide bonds. The summed E-state index contributed by atoms with van der Waals surface area (Å²) in [5.41, 5.74) is -2.66. The number of benzene rings is 1. The standard InChI is InChI=1S/C21H30F2N2O4/c1-19(2,3)29-18(27)25-20(4,14-10-15(22)12-16(23)11-14)13-24-21(17(26)28-5)8-6-7-9-21/h10-12,24H,6-9,13H2,1-5H3,(H,25,27). The predicted molar refractivity (Wildman–Crippen MR) is 104 cm³/mol. The summed E-state index contributed by atoms with van der Waals surface area (Å²) < 4.78 is 38.1.